The Kier molecular flexibility index (Phi) is 35.9. The van der Waals surface area contributed by atoms with E-state index in [2.05, 4.69) is 196 Å². The van der Waals surface area contributed by atoms with Crippen LogP contribution < -0.4 is 26.6 Å². The largest absolute Gasteiger partial charge is 0.445 e. The van der Waals surface area contributed by atoms with Crippen LogP contribution in [0, 0.1) is 5.92 Å². The molecule has 1 unspecified atom stereocenters. The molecule has 11 rings (SSSR count). The smallest absolute Gasteiger partial charge is 0.410 e. The lowest BCUT2D eigenvalue weighted by molar-refractivity contribution is -0.356. The number of aliphatic hydroxyl groups excluding tert-OH is 1. The summed E-state index contributed by atoms with van der Waals surface area (Å²) in [5.74, 6) is -1.67. The molecule has 4 heterocycles. The molecule has 20 atom stereocenters. The first-order valence-electron chi connectivity index (χ1n) is 48.6. The number of carbonyl (C=O) groups excluding carboxylic acids is 6. The van der Waals surface area contributed by atoms with E-state index in [1.54, 1.807) is 45.0 Å². The monoisotopic (exact) mass is 2010 g/mol. The second-order valence-corrected chi connectivity index (χ2v) is 70.3. The maximum Gasteiger partial charge on any atom is 0.410 e. The maximum absolute atomic E-state index is 15.5. The molecule has 4 saturated heterocycles. The normalized spacial score (nSPS) is 27.4. The van der Waals surface area contributed by atoms with E-state index in [0.717, 1.165) is 11.1 Å². The molecule has 36 heteroatoms. The van der Waals surface area contributed by atoms with Gasteiger partial charge < -0.3 is 121 Å². The summed E-state index contributed by atoms with van der Waals surface area (Å²) in [6.45, 7) is 56.0. The molecule has 0 bridgehead atoms. The summed E-state index contributed by atoms with van der Waals surface area (Å²) in [6.07, 6.45) is -24.5. The molecule has 31 nitrogen and oxygen atoms in total. The number of carbonyl (C=O) groups is 6. The lowest BCUT2D eigenvalue weighted by Gasteiger charge is -2.54. The lowest BCUT2D eigenvalue weighted by Crippen LogP contribution is -2.74. The summed E-state index contributed by atoms with van der Waals surface area (Å²) in [5, 5.41) is 40.0. The van der Waals surface area contributed by atoms with Crippen LogP contribution in [-0.4, -0.2) is 247 Å². The summed E-state index contributed by atoms with van der Waals surface area (Å²) in [5.41, 5.74) is 0.323. The van der Waals surface area contributed by atoms with Crippen LogP contribution in [0.1, 0.15) is 172 Å². The third-order valence-corrected chi connectivity index (χ3v) is 51.9. The zero-order chi connectivity index (χ0) is 101. The first-order chi connectivity index (χ1) is 64.1. The predicted octanol–water partition coefficient (Wildman–Crippen LogP) is 17.7. The average Bonchev–Trinajstić information content (AvgIpc) is 1.26. The molecule has 2 aliphatic carbocycles. The second kappa shape index (κ2) is 44.8. The average molecular weight is 2010 g/mol. The van der Waals surface area contributed by atoms with Crippen LogP contribution >= 0.6 is 0 Å². The number of likely N-dealkylation sites (tertiary alicyclic amines) is 1. The third kappa shape index (κ3) is 28.5. The van der Waals surface area contributed by atoms with Gasteiger partial charge in [0.05, 0.1) is 68.8 Å². The fourth-order valence-electron chi connectivity index (χ4n) is 16.2. The first-order valence-corrected chi connectivity index (χ1v) is 63.2. The third-order valence-electron chi connectivity index (χ3n) is 29.5. The summed E-state index contributed by atoms with van der Waals surface area (Å²) in [4.78, 5) is 90.7. The van der Waals surface area contributed by atoms with Crippen molar-refractivity contribution in [2.75, 3.05) is 32.8 Å². The van der Waals surface area contributed by atoms with Gasteiger partial charge in [0.2, 0.25) is 0 Å². The van der Waals surface area contributed by atoms with Crippen molar-refractivity contribution >= 4 is 78.0 Å². The number of β-amino-alcohol motifs (C(OH)–C–C–N with tert-alkyl or cyclic N) is 1. The first kappa shape index (κ1) is 111. The molecule has 0 radical (unpaired) electrons. The molecule has 4 aliphatic heterocycles. The Balaban J connectivity index is 1.12. The molecular weight excluding hydrogens is 1850 g/mol. The van der Waals surface area contributed by atoms with E-state index < -0.39 is 256 Å². The summed E-state index contributed by atoms with van der Waals surface area (Å²) in [7, 11) is -15.2. The van der Waals surface area contributed by atoms with Gasteiger partial charge in [-0.2, -0.15) is 0 Å². The molecule has 0 aromatic heterocycles. The van der Waals surface area contributed by atoms with Gasteiger partial charge in [-0.15, -0.1) is 0 Å². The predicted molar refractivity (Wildman–Crippen MR) is 536 cm³/mol. The number of hydrogen-bond donors (Lipinski definition) is 7. The number of hydrogen-bond acceptors (Lipinski definition) is 25. The minimum absolute atomic E-state index is 0.0231. The van der Waals surface area contributed by atoms with Gasteiger partial charge in [0.1, 0.15) is 86.9 Å². The molecule has 2 saturated carbocycles. The number of nitrogens with zero attached hydrogens (tertiary/aromatic N) is 1. The standard InChI is InChI=1S/C102H158N6O25Si5/c1-96(2,3)129-95(115)108-63-102(116,64-108)90(110)104-71-55-72(105-92(112)119-58-66-46-36-30-37-47-66)80(126-88-77(107-94(114)121-60-68-50-40-32-41-51-68)84(132-137(25,26)100(13,14)15)81-74(124-88)61-117-87(127-81)69-52-42-33-43-53-69)85(78(71)109)128-89-86(133-138(27,28)101(16,17)18)82(75(125-89)62-122-134(19,20)97(4,5)6)123-73-54-70(56-103-91(111)118-57-65-44-34-29-35-45-65)79(130-135(21,22)98(7,8)9)83(131-136(23,24)99(10,11)12)76(73)106-93(113)120-59-67-48-38-31-39-49-67/h29-53,70-89,109,116H,54-64H2,1-28H3,(H,103,111)(H,104,110)(H,105,112)(H,106,113)(H,107,114)/t70-,71+,72-,73-,74+,75+,76-,77+,78-,79+,80+,81+,82+,83+,84+,85+,86+,87?,88+,89-/m0/s1. The second-order valence-electron chi connectivity index (χ2n) is 46.4. The minimum atomic E-state index is -3.30. The van der Waals surface area contributed by atoms with Crippen molar-refractivity contribution in [3.63, 3.8) is 0 Å². The van der Waals surface area contributed by atoms with Crippen molar-refractivity contribution in [2.24, 2.45) is 5.92 Å². The number of rotatable bonds is 33. The summed E-state index contributed by atoms with van der Waals surface area (Å²) < 4.78 is 121. The molecule has 766 valence electrons. The van der Waals surface area contributed by atoms with E-state index in [9.17, 15) is 19.8 Å². The number of amides is 6. The van der Waals surface area contributed by atoms with Crippen molar-refractivity contribution in [3.8, 4) is 0 Å². The molecule has 7 N–H and O–H groups in total. The van der Waals surface area contributed by atoms with Gasteiger partial charge in [-0.25, -0.2) is 24.0 Å². The van der Waals surface area contributed by atoms with E-state index >= 15 is 19.2 Å². The van der Waals surface area contributed by atoms with Gasteiger partial charge >= 0.3 is 30.5 Å². The van der Waals surface area contributed by atoms with Gasteiger partial charge in [0.25, 0.3) is 5.91 Å². The summed E-state index contributed by atoms with van der Waals surface area (Å²) >= 11 is 0. The van der Waals surface area contributed by atoms with Crippen LogP contribution in [0.2, 0.25) is 90.7 Å². The van der Waals surface area contributed by atoms with E-state index in [1.165, 1.54) is 4.90 Å². The molecule has 5 aromatic rings. The SMILES string of the molecule is CC(C)(C)OC(=O)N1CC(O)(C(=O)N[C@@H]2C[C@H](NC(=O)OCc3ccccc3)[C@@H](O[C@H]3O[C@@H]4COC(c5ccccc5)O[C@H]4[C@H](O[Si](C)(C)C(C)(C)C)[C@H]3NC(=O)OCc3ccccc3)[C@H](O[C@@H]3O[C@H](CO[Si](C)(C)C(C)(C)C)[C@@H](O[C@H]4C[C@@H](CNC(=O)OCc5ccccc5)[C@@H](O[Si](C)(C)C(C)(C)C)[C@H](O[Si](C)(C)C(C)(C)C)[C@H]4NC(=O)OCc4ccccc4)[C@H]3O[Si](C)(C)C(C)(C)C)[C@H]2O)C1. The number of alkyl carbamates (subject to hydrolysis) is 4. The Labute approximate surface area is 822 Å². The number of aliphatic hydroxyl groups is 2. The van der Waals surface area contributed by atoms with Crippen LogP contribution in [0.4, 0.5) is 24.0 Å². The van der Waals surface area contributed by atoms with Gasteiger partial charge in [0, 0.05) is 18.0 Å². The van der Waals surface area contributed by atoms with Crippen molar-refractivity contribution < 1.29 is 118 Å². The van der Waals surface area contributed by atoms with Gasteiger partial charge in [-0.05, 0) is 147 Å². The fraction of sp³-hybridized carbons (Fsp3) is 0.647. The topological polar surface area (TPSA) is 363 Å². The maximum atomic E-state index is 15.5. The Hall–Kier alpha value is -7.56. The van der Waals surface area contributed by atoms with E-state index in [1.807, 2.05) is 127 Å². The van der Waals surface area contributed by atoms with Crippen molar-refractivity contribution in [1.29, 1.82) is 0 Å². The number of nitrogens with one attached hydrogen (secondary N) is 5. The van der Waals surface area contributed by atoms with E-state index in [-0.39, 0.29) is 52.6 Å². The highest BCUT2D eigenvalue weighted by Crippen LogP contribution is 2.50. The van der Waals surface area contributed by atoms with Gasteiger partial charge in [-0.1, -0.05) is 256 Å². The van der Waals surface area contributed by atoms with Crippen molar-refractivity contribution in [3.05, 3.63) is 179 Å². The zero-order valence-electron chi connectivity index (χ0n) is 86.5. The van der Waals surface area contributed by atoms with Crippen LogP contribution in [0.25, 0.3) is 0 Å². The Morgan fingerprint density at radius 2 is 0.841 bits per heavy atom. The Bertz CT molecular complexity index is 4800. The molecular formula is C102H158N6O25Si5. The Morgan fingerprint density at radius 3 is 1.30 bits per heavy atom. The molecule has 6 fully saturated rings. The zero-order valence-corrected chi connectivity index (χ0v) is 91.5. The molecule has 5 aromatic carbocycles. The van der Waals surface area contributed by atoms with Crippen molar-refractivity contribution in [2.45, 2.75) is 382 Å². The highest BCUT2D eigenvalue weighted by Gasteiger charge is 2.63. The van der Waals surface area contributed by atoms with E-state index in [0.29, 0.717) is 16.7 Å². The van der Waals surface area contributed by atoms with E-state index in [4.69, 9.17) is 79.0 Å². The Morgan fingerprint density at radius 1 is 0.428 bits per heavy atom. The minimum Gasteiger partial charge on any atom is -0.445 e. The molecule has 0 spiro atoms. The van der Waals surface area contributed by atoms with Crippen molar-refractivity contribution in [1.82, 2.24) is 31.5 Å². The number of benzene rings is 5. The quantitative estimate of drug-likeness (QED) is 0.0151. The summed E-state index contributed by atoms with van der Waals surface area (Å²) in [6, 6.07) is 40.7. The highest BCUT2D eigenvalue weighted by molar-refractivity contribution is 6.76. The number of ether oxygens (including phenoxy) is 12. The van der Waals surface area contributed by atoms with Crippen LogP contribution in [0.3, 0.4) is 0 Å². The van der Waals surface area contributed by atoms with Crippen LogP contribution in [-0.2, 0) is 110 Å². The fourth-order valence-corrected chi connectivity index (χ4v) is 22.4. The van der Waals surface area contributed by atoms with Gasteiger partial charge in [0.15, 0.2) is 66.1 Å². The molecule has 138 heavy (non-hydrogen) atoms. The van der Waals surface area contributed by atoms with Gasteiger partial charge in [-0.3, -0.25) is 4.79 Å². The highest BCUT2D eigenvalue weighted by atomic mass is 28.4. The van der Waals surface area contributed by atoms with Crippen LogP contribution in [0.15, 0.2) is 152 Å². The number of fused-ring (bicyclic) bond motifs is 1. The molecule has 6 aliphatic rings. The van der Waals surface area contributed by atoms with Crippen LogP contribution in [0.5, 0.6) is 0 Å². The lowest BCUT2D eigenvalue weighted by atomic mass is 9.79. The molecule has 6 amide bonds.